The molecule has 3 aromatic rings. The van der Waals surface area contributed by atoms with E-state index in [4.69, 9.17) is 18.7 Å². The molecule has 2 aromatic heterocycles. The Morgan fingerprint density at radius 1 is 1.29 bits per heavy atom. The van der Waals surface area contributed by atoms with Gasteiger partial charge in [-0.15, -0.1) is 10.2 Å². The fourth-order valence-electron chi connectivity index (χ4n) is 3.18. The minimum atomic E-state index is -0.462. The zero-order chi connectivity index (χ0) is 21.8. The molecule has 1 aliphatic rings. The van der Waals surface area contributed by atoms with E-state index in [0.717, 1.165) is 17.6 Å². The number of carbonyl (C=O) groups is 1. The number of hydrogen-bond acceptors (Lipinski definition) is 9. The third-order valence-electron chi connectivity index (χ3n) is 4.55. The summed E-state index contributed by atoms with van der Waals surface area (Å²) >= 11 is 3.36. The summed E-state index contributed by atoms with van der Waals surface area (Å²) in [6, 6.07) is 5.89. The summed E-state index contributed by atoms with van der Waals surface area (Å²) in [6.07, 6.45) is 1.93. The van der Waals surface area contributed by atoms with Crippen molar-refractivity contribution in [1.82, 2.24) is 25.4 Å². The van der Waals surface area contributed by atoms with E-state index >= 15 is 0 Å². The molecule has 31 heavy (non-hydrogen) atoms. The molecule has 2 atom stereocenters. The average molecular weight is 496 g/mol. The van der Waals surface area contributed by atoms with Gasteiger partial charge in [-0.05, 0) is 58.2 Å². The molecular formula is C19H19BrFN5O5. The molecule has 10 nitrogen and oxygen atoms in total. The van der Waals surface area contributed by atoms with Crippen LogP contribution in [-0.4, -0.2) is 50.1 Å². The number of rotatable bonds is 8. The normalized spacial score (nSPS) is 18.2. The van der Waals surface area contributed by atoms with Crippen molar-refractivity contribution in [2.24, 2.45) is 0 Å². The van der Waals surface area contributed by atoms with Crippen LogP contribution in [0.3, 0.4) is 0 Å². The molecule has 164 valence electrons. The average Bonchev–Trinajstić information content (AvgIpc) is 3.47. The number of nitrogens with zero attached hydrogens (tertiary/aromatic N) is 5. The molecule has 0 aliphatic heterocycles. The standard InChI is InChI=1S/C19H19BrFN5O5/c1-2-28-18(27)10-26-23-19(22-25-26)16-9-17(24-31-16)30-13-5-4-12(8-13)29-15-7-11(21)3-6-14(15)20/h3,6-7,9,12-13H,2,4-5,8,10H2,1H3. The minimum absolute atomic E-state index is 0.0982. The molecule has 12 heteroatoms. The molecule has 1 aliphatic carbocycles. The maximum atomic E-state index is 13.4. The minimum Gasteiger partial charge on any atom is -0.489 e. The third-order valence-corrected chi connectivity index (χ3v) is 5.20. The van der Waals surface area contributed by atoms with Crippen LogP contribution in [0.25, 0.3) is 11.6 Å². The Balaban J connectivity index is 1.32. The summed E-state index contributed by atoms with van der Waals surface area (Å²) in [5, 5.41) is 15.6. The molecule has 0 amide bonds. The van der Waals surface area contributed by atoms with Gasteiger partial charge in [-0.3, -0.25) is 0 Å². The van der Waals surface area contributed by atoms with E-state index in [2.05, 4.69) is 36.5 Å². The Kier molecular flexibility index (Phi) is 6.44. The van der Waals surface area contributed by atoms with Crippen molar-refractivity contribution in [3.8, 4) is 23.2 Å². The number of benzene rings is 1. The summed E-state index contributed by atoms with van der Waals surface area (Å²) in [4.78, 5) is 12.6. The Bertz CT molecular complexity index is 1060. The highest BCUT2D eigenvalue weighted by Crippen LogP contribution is 2.32. The van der Waals surface area contributed by atoms with Crippen molar-refractivity contribution in [1.29, 1.82) is 0 Å². The van der Waals surface area contributed by atoms with E-state index in [-0.39, 0.29) is 48.6 Å². The van der Waals surface area contributed by atoms with E-state index in [9.17, 15) is 9.18 Å². The molecule has 1 saturated carbocycles. The summed E-state index contributed by atoms with van der Waals surface area (Å²) in [5.74, 6) is 0.374. The first-order valence-corrected chi connectivity index (χ1v) is 10.5. The zero-order valence-corrected chi connectivity index (χ0v) is 18.1. The number of ether oxygens (including phenoxy) is 3. The fraction of sp³-hybridized carbons (Fsp3) is 0.421. The summed E-state index contributed by atoms with van der Waals surface area (Å²) in [6.45, 7) is 1.84. The van der Waals surface area contributed by atoms with E-state index in [1.807, 2.05) is 0 Å². The molecular weight excluding hydrogens is 477 g/mol. The lowest BCUT2D eigenvalue weighted by molar-refractivity contribution is -0.144. The molecule has 0 N–H and O–H groups in total. The lowest BCUT2D eigenvalue weighted by atomic mass is 10.3. The van der Waals surface area contributed by atoms with E-state index in [0.29, 0.717) is 16.6 Å². The summed E-state index contributed by atoms with van der Waals surface area (Å²) < 4.78 is 36.0. The Morgan fingerprint density at radius 3 is 2.90 bits per heavy atom. The number of esters is 1. The van der Waals surface area contributed by atoms with Gasteiger partial charge in [-0.1, -0.05) is 0 Å². The van der Waals surface area contributed by atoms with E-state index < -0.39 is 5.97 Å². The quantitative estimate of drug-likeness (QED) is 0.434. The second kappa shape index (κ2) is 9.41. The maximum Gasteiger partial charge on any atom is 0.329 e. The van der Waals surface area contributed by atoms with Crippen molar-refractivity contribution < 1.29 is 27.9 Å². The van der Waals surface area contributed by atoms with Gasteiger partial charge in [0.25, 0.3) is 5.88 Å². The Hall–Kier alpha value is -3.02. The molecule has 0 radical (unpaired) electrons. The van der Waals surface area contributed by atoms with Crippen LogP contribution < -0.4 is 9.47 Å². The number of hydrogen-bond donors (Lipinski definition) is 0. The number of halogens is 2. The lowest BCUT2D eigenvalue weighted by Crippen LogP contribution is -2.17. The van der Waals surface area contributed by atoms with Crippen molar-refractivity contribution in [3.05, 3.63) is 34.6 Å². The van der Waals surface area contributed by atoms with Gasteiger partial charge < -0.3 is 18.7 Å². The second-order valence-electron chi connectivity index (χ2n) is 6.85. The molecule has 1 aromatic carbocycles. The molecule has 2 heterocycles. The SMILES string of the molecule is CCOC(=O)Cn1nnc(-c2cc(OC3CCC(Oc4cc(F)ccc4Br)C3)no2)n1. The van der Waals surface area contributed by atoms with Gasteiger partial charge >= 0.3 is 5.97 Å². The van der Waals surface area contributed by atoms with Gasteiger partial charge in [0, 0.05) is 12.5 Å². The first-order valence-electron chi connectivity index (χ1n) is 9.69. The number of tetrazole rings is 1. The lowest BCUT2D eigenvalue weighted by Gasteiger charge is -2.15. The first kappa shape index (κ1) is 21.2. The van der Waals surface area contributed by atoms with Crippen LogP contribution in [0.4, 0.5) is 4.39 Å². The predicted molar refractivity (Wildman–Crippen MR) is 107 cm³/mol. The van der Waals surface area contributed by atoms with Crippen LogP contribution in [0.2, 0.25) is 0 Å². The highest BCUT2D eigenvalue weighted by atomic mass is 79.9. The summed E-state index contributed by atoms with van der Waals surface area (Å²) in [7, 11) is 0. The van der Waals surface area contributed by atoms with Crippen LogP contribution >= 0.6 is 15.9 Å². The maximum absolute atomic E-state index is 13.4. The number of carbonyl (C=O) groups excluding carboxylic acids is 1. The van der Waals surface area contributed by atoms with Crippen molar-refractivity contribution in [2.75, 3.05) is 6.61 Å². The van der Waals surface area contributed by atoms with Crippen LogP contribution in [0.15, 0.2) is 33.3 Å². The van der Waals surface area contributed by atoms with Gasteiger partial charge in [0.1, 0.15) is 23.8 Å². The summed E-state index contributed by atoms with van der Waals surface area (Å²) in [5.41, 5.74) is 0. The zero-order valence-electron chi connectivity index (χ0n) is 16.5. The molecule has 4 rings (SSSR count). The van der Waals surface area contributed by atoms with E-state index in [1.165, 1.54) is 12.1 Å². The monoisotopic (exact) mass is 495 g/mol. The molecule has 0 spiro atoms. The molecule has 1 fully saturated rings. The van der Waals surface area contributed by atoms with Crippen LogP contribution in [0.1, 0.15) is 26.2 Å². The Morgan fingerprint density at radius 2 is 2.10 bits per heavy atom. The molecule has 2 unspecified atom stereocenters. The van der Waals surface area contributed by atoms with Crippen LogP contribution in [0, 0.1) is 5.82 Å². The van der Waals surface area contributed by atoms with Gasteiger partial charge in [0.05, 0.1) is 17.1 Å². The Labute approximate surface area is 184 Å². The van der Waals surface area contributed by atoms with Gasteiger partial charge in [0.15, 0.2) is 6.54 Å². The van der Waals surface area contributed by atoms with Crippen molar-refractivity contribution >= 4 is 21.9 Å². The topological polar surface area (TPSA) is 114 Å². The fourth-order valence-corrected chi connectivity index (χ4v) is 3.52. The second-order valence-corrected chi connectivity index (χ2v) is 7.70. The van der Waals surface area contributed by atoms with E-state index in [1.54, 1.807) is 19.1 Å². The van der Waals surface area contributed by atoms with Crippen LogP contribution in [-0.2, 0) is 16.1 Å². The largest absolute Gasteiger partial charge is 0.489 e. The number of aromatic nitrogens is 5. The third kappa shape index (κ3) is 5.37. The van der Waals surface area contributed by atoms with Crippen LogP contribution in [0.5, 0.6) is 11.6 Å². The molecule has 0 bridgehead atoms. The smallest absolute Gasteiger partial charge is 0.329 e. The van der Waals surface area contributed by atoms with Gasteiger partial charge in [-0.2, -0.15) is 4.80 Å². The van der Waals surface area contributed by atoms with Gasteiger partial charge in [0.2, 0.25) is 11.6 Å². The predicted octanol–water partition coefficient (Wildman–Crippen LogP) is 3.17. The van der Waals surface area contributed by atoms with Crippen molar-refractivity contribution in [2.45, 2.75) is 44.9 Å². The highest BCUT2D eigenvalue weighted by molar-refractivity contribution is 9.10. The van der Waals surface area contributed by atoms with Gasteiger partial charge in [-0.25, -0.2) is 9.18 Å². The van der Waals surface area contributed by atoms with Crippen molar-refractivity contribution in [3.63, 3.8) is 0 Å². The first-order chi connectivity index (χ1) is 15.0. The molecule has 0 saturated heterocycles. The highest BCUT2D eigenvalue weighted by Gasteiger charge is 2.29.